The van der Waals surface area contributed by atoms with Crippen LogP contribution < -0.4 is 0 Å². The molecule has 0 N–H and O–H groups in total. The van der Waals surface area contributed by atoms with Crippen LogP contribution in [0.25, 0.3) is 0 Å². The minimum Gasteiger partial charge on any atom is -0.245 e. The zero-order valence-corrected chi connectivity index (χ0v) is 11.1. The standard InChI is InChI=1S/C10H16BrNS/c1-5-7-8(6-11)13-9(12-7)10(2,3)4/h5-6H2,1-4H3. The Morgan fingerprint density at radius 3 is 2.31 bits per heavy atom. The summed E-state index contributed by atoms with van der Waals surface area (Å²) in [6.07, 6.45) is 1.04. The number of halogens is 1. The maximum Gasteiger partial charge on any atom is 0.0984 e. The topological polar surface area (TPSA) is 12.9 Å². The van der Waals surface area contributed by atoms with Gasteiger partial charge in [0.25, 0.3) is 0 Å². The molecule has 0 saturated heterocycles. The van der Waals surface area contributed by atoms with Crippen LogP contribution in [0.5, 0.6) is 0 Å². The summed E-state index contributed by atoms with van der Waals surface area (Å²) in [4.78, 5) is 6.04. The van der Waals surface area contributed by atoms with Crippen molar-refractivity contribution >= 4 is 27.3 Å². The van der Waals surface area contributed by atoms with E-state index in [2.05, 4.69) is 48.6 Å². The van der Waals surface area contributed by atoms with Gasteiger partial charge in [-0.05, 0) is 6.42 Å². The first kappa shape index (κ1) is 11.2. The molecule has 0 aliphatic rings. The highest BCUT2D eigenvalue weighted by atomic mass is 79.9. The fourth-order valence-corrected chi connectivity index (χ4v) is 2.81. The first-order chi connectivity index (χ1) is 5.99. The molecule has 1 aromatic heterocycles. The summed E-state index contributed by atoms with van der Waals surface area (Å²) in [6.45, 7) is 8.80. The first-order valence-corrected chi connectivity index (χ1v) is 6.47. The van der Waals surface area contributed by atoms with E-state index in [-0.39, 0.29) is 5.41 Å². The Balaban J connectivity index is 3.07. The SMILES string of the molecule is CCc1nc(C(C)(C)C)sc1CBr. The minimum absolute atomic E-state index is 0.189. The van der Waals surface area contributed by atoms with Crippen LogP contribution >= 0.6 is 27.3 Å². The molecule has 0 aliphatic heterocycles. The highest BCUT2D eigenvalue weighted by Gasteiger charge is 2.20. The van der Waals surface area contributed by atoms with Crippen LogP contribution in [0.1, 0.15) is 43.3 Å². The summed E-state index contributed by atoms with van der Waals surface area (Å²) >= 11 is 5.33. The Kier molecular flexibility index (Phi) is 3.52. The molecule has 0 aliphatic carbocycles. The van der Waals surface area contributed by atoms with Gasteiger partial charge in [0, 0.05) is 15.6 Å². The van der Waals surface area contributed by atoms with E-state index in [1.807, 2.05) is 11.3 Å². The lowest BCUT2D eigenvalue weighted by molar-refractivity contribution is 0.583. The quantitative estimate of drug-likeness (QED) is 0.737. The van der Waals surface area contributed by atoms with E-state index >= 15 is 0 Å². The lowest BCUT2D eigenvalue weighted by Crippen LogP contribution is -2.10. The summed E-state index contributed by atoms with van der Waals surface area (Å²) < 4.78 is 0. The number of nitrogens with zero attached hydrogens (tertiary/aromatic N) is 1. The number of aryl methyl sites for hydroxylation is 1. The van der Waals surface area contributed by atoms with E-state index in [4.69, 9.17) is 0 Å². The fourth-order valence-electron chi connectivity index (χ4n) is 1.08. The fraction of sp³-hybridized carbons (Fsp3) is 0.700. The monoisotopic (exact) mass is 261 g/mol. The largest absolute Gasteiger partial charge is 0.245 e. The van der Waals surface area contributed by atoms with Crippen LogP contribution in [0.3, 0.4) is 0 Å². The van der Waals surface area contributed by atoms with Crippen molar-refractivity contribution in [3.05, 3.63) is 15.6 Å². The molecule has 0 fully saturated rings. The zero-order valence-electron chi connectivity index (χ0n) is 8.65. The first-order valence-electron chi connectivity index (χ1n) is 4.54. The molecule has 1 rings (SSSR count). The molecule has 1 nitrogen and oxygen atoms in total. The van der Waals surface area contributed by atoms with Gasteiger partial charge < -0.3 is 0 Å². The maximum atomic E-state index is 4.66. The Hall–Kier alpha value is 0.110. The van der Waals surface area contributed by atoms with Crippen molar-refractivity contribution in [3.8, 4) is 0 Å². The predicted molar refractivity (Wildman–Crippen MR) is 62.8 cm³/mol. The Morgan fingerprint density at radius 2 is 2.00 bits per heavy atom. The Bertz CT molecular complexity index is 264. The number of hydrogen-bond donors (Lipinski definition) is 0. The molecule has 0 amide bonds. The minimum atomic E-state index is 0.189. The third kappa shape index (κ3) is 2.53. The van der Waals surface area contributed by atoms with Crippen LogP contribution in [0, 0.1) is 0 Å². The molecule has 74 valence electrons. The molecular weight excluding hydrogens is 246 g/mol. The average Bonchev–Trinajstić information content (AvgIpc) is 2.45. The summed E-state index contributed by atoms with van der Waals surface area (Å²) in [5, 5.41) is 2.18. The molecule has 0 spiro atoms. The van der Waals surface area contributed by atoms with Crippen molar-refractivity contribution in [2.75, 3.05) is 0 Å². The van der Waals surface area contributed by atoms with Crippen molar-refractivity contribution in [2.24, 2.45) is 0 Å². The summed E-state index contributed by atoms with van der Waals surface area (Å²) in [5.74, 6) is 0. The predicted octanol–water partition coefficient (Wildman–Crippen LogP) is 3.90. The van der Waals surface area contributed by atoms with Gasteiger partial charge in [-0.2, -0.15) is 0 Å². The number of thiazole rings is 1. The van der Waals surface area contributed by atoms with Crippen LogP contribution in [0.15, 0.2) is 0 Å². The third-order valence-corrected chi connectivity index (χ3v) is 4.33. The van der Waals surface area contributed by atoms with Crippen molar-refractivity contribution < 1.29 is 0 Å². The van der Waals surface area contributed by atoms with Gasteiger partial charge in [-0.1, -0.05) is 43.6 Å². The summed E-state index contributed by atoms with van der Waals surface area (Å²) in [7, 11) is 0. The van der Waals surface area contributed by atoms with E-state index in [1.165, 1.54) is 15.6 Å². The second kappa shape index (κ2) is 4.09. The molecule has 1 heterocycles. The molecule has 0 saturated carbocycles. The summed E-state index contributed by atoms with van der Waals surface area (Å²) in [5.41, 5.74) is 1.45. The van der Waals surface area contributed by atoms with Crippen LogP contribution in [0.4, 0.5) is 0 Å². The molecule has 3 heteroatoms. The van der Waals surface area contributed by atoms with Crippen molar-refractivity contribution in [3.63, 3.8) is 0 Å². The van der Waals surface area contributed by atoms with E-state index in [1.54, 1.807) is 0 Å². The highest BCUT2D eigenvalue weighted by molar-refractivity contribution is 9.08. The molecule has 13 heavy (non-hydrogen) atoms. The van der Waals surface area contributed by atoms with E-state index in [9.17, 15) is 0 Å². The average molecular weight is 262 g/mol. The van der Waals surface area contributed by atoms with Crippen LogP contribution in [-0.2, 0) is 17.2 Å². The molecule has 0 aromatic carbocycles. The number of rotatable bonds is 2. The van der Waals surface area contributed by atoms with Gasteiger partial charge in [-0.15, -0.1) is 11.3 Å². The van der Waals surface area contributed by atoms with Gasteiger partial charge in [0.2, 0.25) is 0 Å². The van der Waals surface area contributed by atoms with Crippen molar-refractivity contribution in [1.82, 2.24) is 4.98 Å². The molecule has 0 bridgehead atoms. The van der Waals surface area contributed by atoms with Gasteiger partial charge in [-0.3, -0.25) is 0 Å². The number of aromatic nitrogens is 1. The lowest BCUT2D eigenvalue weighted by Gasteiger charge is -2.13. The van der Waals surface area contributed by atoms with E-state index in [0.29, 0.717) is 0 Å². The van der Waals surface area contributed by atoms with Crippen molar-refractivity contribution in [1.29, 1.82) is 0 Å². The Labute approximate surface area is 92.7 Å². The van der Waals surface area contributed by atoms with Gasteiger partial charge in [-0.25, -0.2) is 4.98 Å². The second-order valence-corrected chi connectivity index (χ2v) is 5.77. The maximum absolute atomic E-state index is 4.66. The van der Waals surface area contributed by atoms with E-state index < -0.39 is 0 Å². The zero-order chi connectivity index (χ0) is 10.1. The molecular formula is C10H16BrNS. The Morgan fingerprint density at radius 1 is 1.38 bits per heavy atom. The highest BCUT2D eigenvalue weighted by Crippen LogP contribution is 2.30. The normalized spacial score (nSPS) is 12.1. The molecule has 1 aromatic rings. The number of hydrogen-bond acceptors (Lipinski definition) is 2. The van der Waals surface area contributed by atoms with Gasteiger partial charge in [0.15, 0.2) is 0 Å². The molecule has 0 unspecified atom stereocenters. The smallest absolute Gasteiger partial charge is 0.0984 e. The van der Waals surface area contributed by atoms with Crippen LogP contribution in [-0.4, -0.2) is 4.98 Å². The molecule has 0 atom stereocenters. The van der Waals surface area contributed by atoms with Crippen molar-refractivity contribution in [2.45, 2.75) is 44.9 Å². The second-order valence-electron chi connectivity index (χ2n) is 4.13. The van der Waals surface area contributed by atoms with Gasteiger partial charge >= 0.3 is 0 Å². The summed E-state index contributed by atoms with van der Waals surface area (Å²) in [6, 6.07) is 0. The van der Waals surface area contributed by atoms with Gasteiger partial charge in [0.1, 0.15) is 0 Å². The lowest BCUT2D eigenvalue weighted by atomic mass is 9.98. The third-order valence-electron chi connectivity index (χ3n) is 1.88. The van der Waals surface area contributed by atoms with Gasteiger partial charge in [0.05, 0.1) is 10.7 Å². The molecule has 0 radical (unpaired) electrons. The van der Waals surface area contributed by atoms with E-state index in [0.717, 1.165) is 11.8 Å². The number of alkyl halides is 1. The van der Waals surface area contributed by atoms with Crippen LogP contribution in [0.2, 0.25) is 0 Å².